The number of rotatable bonds is 2. The van der Waals surface area contributed by atoms with Crippen LogP contribution in [-0.4, -0.2) is 35.2 Å². The molecule has 94 valence electrons. The molecule has 5 heteroatoms. The average molecular weight is 264 g/mol. The van der Waals surface area contributed by atoms with Crippen molar-refractivity contribution in [2.45, 2.75) is 12.3 Å². The van der Waals surface area contributed by atoms with Gasteiger partial charge in [0.2, 0.25) is 11.8 Å². The highest BCUT2D eigenvalue weighted by molar-refractivity contribution is 6.30. The molecule has 3 rings (SSSR count). The zero-order valence-corrected chi connectivity index (χ0v) is 10.9. The predicted octanol–water partition coefficient (Wildman–Crippen LogP) is 2.81. The Morgan fingerprint density at radius 3 is 2.72 bits per heavy atom. The van der Waals surface area contributed by atoms with Crippen LogP contribution in [0.4, 0.5) is 0 Å². The van der Waals surface area contributed by atoms with E-state index in [0.29, 0.717) is 16.8 Å². The summed E-state index contributed by atoms with van der Waals surface area (Å²) in [4.78, 5) is 2.27. The van der Waals surface area contributed by atoms with Gasteiger partial charge in [0, 0.05) is 17.1 Å². The number of hydrogen-bond donors (Lipinski definition) is 0. The fourth-order valence-electron chi connectivity index (χ4n) is 2.25. The van der Waals surface area contributed by atoms with Crippen molar-refractivity contribution in [2.75, 3.05) is 20.1 Å². The molecule has 1 atom stereocenters. The minimum Gasteiger partial charge on any atom is -0.420 e. The molecule has 0 aliphatic carbocycles. The van der Waals surface area contributed by atoms with E-state index in [2.05, 4.69) is 22.1 Å². The molecule has 0 unspecified atom stereocenters. The molecular weight excluding hydrogens is 250 g/mol. The maximum Gasteiger partial charge on any atom is 0.247 e. The van der Waals surface area contributed by atoms with Crippen LogP contribution in [0.3, 0.4) is 0 Å². The lowest BCUT2D eigenvalue weighted by molar-refractivity contribution is 0.394. The quantitative estimate of drug-likeness (QED) is 0.836. The van der Waals surface area contributed by atoms with Gasteiger partial charge < -0.3 is 9.32 Å². The summed E-state index contributed by atoms with van der Waals surface area (Å²) in [6, 6.07) is 7.43. The molecule has 1 aliphatic rings. The Balaban J connectivity index is 1.83. The molecule has 2 heterocycles. The van der Waals surface area contributed by atoms with Crippen LogP contribution in [0, 0.1) is 0 Å². The van der Waals surface area contributed by atoms with E-state index in [1.807, 2.05) is 24.3 Å². The van der Waals surface area contributed by atoms with Crippen molar-refractivity contribution < 1.29 is 4.42 Å². The summed E-state index contributed by atoms with van der Waals surface area (Å²) < 4.78 is 5.75. The van der Waals surface area contributed by atoms with Gasteiger partial charge in [-0.1, -0.05) is 11.6 Å². The summed E-state index contributed by atoms with van der Waals surface area (Å²) >= 11 is 5.85. The molecule has 0 N–H and O–H groups in total. The summed E-state index contributed by atoms with van der Waals surface area (Å²) in [5, 5.41) is 8.97. The summed E-state index contributed by atoms with van der Waals surface area (Å²) in [6.07, 6.45) is 1.08. The smallest absolute Gasteiger partial charge is 0.247 e. The van der Waals surface area contributed by atoms with E-state index in [4.69, 9.17) is 16.0 Å². The van der Waals surface area contributed by atoms with E-state index >= 15 is 0 Å². The van der Waals surface area contributed by atoms with Crippen LogP contribution >= 0.6 is 11.6 Å². The Morgan fingerprint density at radius 1 is 1.28 bits per heavy atom. The van der Waals surface area contributed by atoms with Crippen LogP contribution in [0.1, 0.15) is 18.2 Å². The molecule has 4 nitrogen and oxygen atoms in total. The number of aromatic nitrogens is 2. The molecule has 1 aliphatic heterocycles. The SMILES string of the molecule is CN1CC[C@H](c2nnc(-c3ccc(Cl)cc3)o2)C1. The fraction of sp³-hybridized carbons (Fsp3) is 0.385. The summed E-state index contributed by atoms with van der Waals surface area (Å²) in [5.74, 6) is 1.67. The van der Waals surface area contributed by atoms with Gasteiger partial charge in [0.1, 0.15) is 0 Å². The van der Waals surface area contributed by atoms with E-state index < -0.39 is 0 Å². The van der Waals surface area contributed by atoms with Crippen LogP contribution in [0.2, 0.25) is 5.02 Å². The van der Waals surface area contributed by atoms with Crippen LogP contribution in [-0.2, 0) is 0 Å². The topological polar surface area (TPSA) is 42.2 Å². The standard InChI is InChI=1S/C13H14ClN3O/c1-17-7-6-10(8-17)13-16-15-12(18-13)9-2-4-11(14)5-3-9/h2-5,10H,6-8H2,1H3/t10-/m0/s1. The van der Waals surface area contributed by atoms with Gasteiger partial charge in [0.05, 0.1) is 5.92 Å². The minimum atomic E-state index is 0.364. The first-order valence-electron chi connectivity index (χ1n) is 6.00. The molecule has 0 saturated carbocycles. The fourth-order valence-corrected chi connectivity index (χ4v) is 2.37. The molecule has 2 aromatic rings. The Labute approximate surface area is 111 Å². The summed E-state index contributed by atoms with van der Waals surface area (Å²) in [5.41, 5.74) is 0.907. The number of nitrogens with zero attached hydrogens (tertiary/aromatic N) is 3. The Morgan fingerprint density at radius 2 is 2.06 bits per heavy atom. The van der Waals surface area contributed by atoms with Crippen LogP contribution < -0.4 is 0 Å². The van der Waals surface area contributed by atoms with Gasteiger partial charge in [0.25, 0.3) is 0 Å². The van der Waals surface area contributed by atoms with Gasteiger partial charge in [0.15, 0.2) is 0 Å². The second-order valence-corrected chi connectivity index (χ2v) is 5.14. The van der Waals surface area contributed by atoms with E-state index in [1.165, 1.54) is 0 Å². The summed E-state index contributed by atoms with van der Waals surface area (Å²) in [7, 11) is 2.11. The number of likely N-dealkylation sites (N-methyl/N-ethyl adjacent to an activating group) is 1. The highest BCUT2D eigenvalue weighted by Gasteiger charge is 2.26. The van der Waals surface area contributed by atoms with E-state index in [0.717, 1.165) is 31.0 Å². The van der Waals surface area contributed by atoms with Gasteiger partial charge >= 0.3 is 0 Å². The molecule has 1 saturated heterocycles. The van der Waals surface area contributed by atoms with Crippen molar-refractivity contribution in [3.05, 3.63) is 35.2 Å². The van der Waals surface area contributed by atoms with Crippen molar-refractivity contribution in [1.29, 1.82) is 0 Å². The first kappa shape index (κ1) is 11.7. The van der Waals surface area contributed by atoms with Gasteiger partial charge in [-0.25, -0.2) is 0 Å². The van der Waals surface area contributed by atoms with Crippen molar-refractivity contribution in [3.63, 3.8) is 0 Å². The maximum absolute atomic E-state index is 5.85. The first-order chi connectivity index (χ1) is 8.72. The molecule has 0 amide bonds. The Kier molecular flexibility index (Phi) is 3.06. The van der Waals surface area contributed by atoms with E-state index in [1.54, 1.807) is 0 Å². The first-order valence-corrected chi connectivity index (χ1v) is 6.38. The predicted molar refractivity (Wildman–Crippen MR) is 69.6 cm³/mol. The Bertz CT molecular complexity index is 537. The third-order valence-corrected chi connectivity index (χ3v) is 3.52. The molecule has 18 heavy (non-hydrogen) atoms. The molecule has 1 fully saturated rings. The average Bonchev–Trinajstić information content (AvgIpc) is 2.98. The number of benzene rings is 1. The highest BCUT2D eigenvalue weighted by Crippen LogP contribution is 2.28. The van der Waals surface area contributed by atoms with E-state index in [-0.39, 0.29) is 0 Å². The highest BCUT2D eigenvalue weighted by atomic mass is 35.5. The normalized spacial score (nSPS) is 20.4. The third-order valence-electron chi connectivity index (χ3n) is 3.27. The third kappa shape index (κ3) is 2.26. The molecule has 0 radical (unpaired) electrons. The van der Waals surface area contributed by atoms with Gasteiger partial charge in [-0.3, -0.25) is 0 Å². The van der Waals surface area contributed by atoms with Crippen LogP contribution in [0.25, 0.3) is 11.5 Å². The summed E-state index contributed by atoms with van der Waals surface area (Å²) in [6.45, 7) is 2.07. The van der Waals surface area contributed by atoms with Gasteiger partial charge in [-0.2, -0.15) is 0 Å². The second kappa shape index (κ2) is 4.71. The van der Waals surface area contributed by atoms with E-state index in [9.17, 15) is 0 Å². The van der Waals surface area contributed by atoms with Crippen molar-refractivity contribution in [3.8, 4) is 11.5 Å². The number of likely N-dealkylation sites (tertiary alicyclic amines) is 1. The lowest BCUT2D eigenvalue weighted by Crippen LogP contribution is -2.13. The Hall–Kier alpha value is -1.39. The van der Waals surface area contributed by atoms with Crippen molar-refractivity contribution in [2.24, 2.45) is 0 Å². The van der Waals surface area contributed by atoms with Gasteiger partial charge in [-0.05, 0) is 44.3 Å². The lowest BCUT2D eigenvalue weighted by atomic mass is 10.1. The van der Waals surface area contributed by atoms with Crippen molar-refractivity contribution in [1.82, 2.24) is 15.1 Å². The van der Waals surface area contributed by atoms with Crippen LogP contribution in [0.15, 0.2) is 28.7 Å². The lowest BCUT2D eigenvalue weighted by Gasteiger charge is -2.05. The van der Waals surface area contributed by atoms with Crippen molar-refractivity contribution >= 4 is 11.6 Å². The maximum atomic E-state index is 5.85. The zero-order chi connectivity index (χ0) is 12.5. The largest absolute Gasteiger partial charge is 0.420 e. The molecular formula is C13H14ClN3O. The molecule has 1 aromatic heterocycles. The zero-order valence-electron chi connectivity index (χ0n) is 10.1. The second-order valence-electron chi connectivity index (χ2n) is 4.70. The number of halogens is 1. The minimum absolute atomic E-state index is 0.364. The molecule has 0 spiro atoms. The monoisotopic (exact) mass is 263 g/mol. The molecule has 1 aromatic carbocycles. The van der Waals surface area contributed by atoms with Crippen LogP contribution in [0.5, 0.6) is 0 Å². The molecule has 0 bridgehead atoms. The number of hydrogen-bond acceptors (Lipinski definition) is 4. The van der Waals surface area contributed by atoms with Gasteiger partial charge in [-0.15, -0.1) is 10.2 Å².